The van der Waals surface area contributed by atoms with E-state index in [1.54, 1.807) is 11.3 Å². The second-order valence-electron chi connectivity index (χ2n) is 3.64. The molecular formula is C11H16N2S. The number of thiophene rings is 1. The molecule has 1 aliphatic carbocycles. The predicted octanol–water partition coefficient (Wildman–Crippen LogP) is 2.75. The van der Waals surface area contributed by atoms with E-state index in [1.807, 2.05) is 0 Å². The Hall–Kier alpha value is -0.640. The Morgan fingerprint density at radius 2 is 2.36 bits per heavy atom. The molecule has 0 aromatic carbocycles. The van der Waals surface area contributed by atoms with Gasteiger partial charge in [-0.25, -0.2) is 5.43 Å². The van der Waals surface area contributed by atoms with Crippen molar-refractivity contribution in [2.24, 2.45) is 5.84 Å². The molecule has 2 nitrogen and oxygen atoms in total. The number of hydrogen-bond acceptors (Lipinski definition) is 3. The normalized spacial score (nSPS) is 19.1. The lowest BCUT2D eigenvalue weighted by Crippen LogP contribution is -2.29. The molecule has 0 spiro atoms. The Labute approximate surface area is 88.8 Å². The van der Waals surface area contributed by atoms with Gasteiger partial charge in [0.15, 0.2) is 0 Å². The first kappa shape index (κ1) is 9.90. The Morgan fingerprint density at radius 3 is 2.93 bits per heavy atom. The molecule has 3 N–H and O–H groups in total. The molecule has 0 bridgehead atoms. The number of allylic oxidation sites excluding steroid dienone is 1. The van der Waals surface area contributed by atoms with E-state index < -0.39 is 0 Å². The van der Waals surface area contributed by atoms with Crippen LogP contribution >= 0.6 is 11.3 Å². The minimum absolute atomic E-state index is 0.246. The Kier molecular flexibility index (Phi) is 3.35. The van der Waals surface area contributed by atoms with Gasteiger partial charge in [0.2, 0.25) is 0 Å². The summed E-state index contributed by atoms with van der Waals surface area (Å²) >= 11 is 1.77. The minimum atomic E-state index is 0.246. The van der Waals surface area contributed by atoms with E-state index in [0.717, 1.165) is 0 Å². The monoisotopic (exact) mass is 208 g/mol. The lowest BCUT2D eigenvalue weighted by molar-refractivity contribution is 0.572. The number of hydrogen-bond donors (Lipinski definition) is 2. The van der Waals surface area contributed by atoms with E-state index in [1.165, 1.54) is 36.1 Å². The quantitative estimate of drug-likeness (QED) is 0.455. The van der Waals surface area contributed by atoms with Crippen LogP contribution in [0.15, 0.2) is 29.2 Å². The summed E-state index contributed by atoms with van der Waals surface area (Å²) < 4.78 is 0. The number of nitrogens with two attached hydrogens (primary N) is 1. The van der Waals surface area contributed by atoms with Crippen molar-refractivity contribution in [3.63, 3.8) is 0 Å². The highest BCUT2D eigenvalue weighted by atomic mass is 32.1. The summed E-state index contributed by atoms with van der Waals surface area (Å²) in [6, 6.07) is 4.47. The van der Waals surface area contributed by atoms with Crippen molar-refractivity contribution in [1.29, 1.82) is 0 Å². The summed E-state index contributed by atoms with van der Waals surface area (Å²) in [5.41, 5.74) is 4.38. The molecule has 0 aliphatic heterocycles. The zero-order chi connectivity index (χ0) is 9.80. The van der Waals surface area contributed by atoms with Gasteiger partial charge in [0.05, 0.1) is 6.04 Å². The first-order valence-electron chi connectivity index (χ1n) is 5.10. The molecule has 76 valence electrons. The highest BCUT2D eigenvalue weighted by Crippen LogP contribution is 2.31. The fraction of sp³-hybridized carbons (Fsp3) is 0.455. The van der Waals surface area contributed by atoms with Crippen LogP contribution in [-0.2, 0) is 0 Å². The maximum Gasteiger partial charge on any atom is 0.0762 e. The van der Waals surface area contributed by atoms with Crippen molar-refractivity contribution in [3.8, 4) is 0 Å². The van der Waals surface area contributed by atoms with Crippen LogP contribution in [0.5, 0.6) is 0 Å². The summed E-state index contributed by atoms with van der Waals surface area (Å²) in [4.78, 5) is 1.32. The van der Waals surface area contributed by atoms with Crippen molar-refractivity contribution in [3.05, 3.63) is 34.0 Å². The zero-order valence-electron chi connectivity index (χ0n) is 8.20. The van der Waals surface area contributed by atoms with Crippen LogP contribution in [-0.4, -0.2) is 0 Å². The summed E-state index contributed by atoms with van der Waals surface area (Å²) in [5, 5.41) is 2.10. The average Bonchev–Trinajstić information content (AvgIpc) is 2.74. The van der Waals surface area contributed by atoms with E-state index >= 15 is 0 Å². The lowest BCUT2D eigenvalue weighted by atomic mass is 9.93. The first-order chi connectivity index (χ1) is 6.92. The molecule has 1 aromatic heterocycles. The Morgan fingerprint density at radius 1 is 1.43 bits per heavy atom. The third kappa shape index (κ3) is 2.05. The molecule has 0 saturated heterocycles. The van der Waals surface area contributed by atoms with E-state index in [2.05, 4.69) is 29.0 Å². The predicted molar refractivity (Wildman–Crippen MR) is 60.9 cm³/mol. The van der Waals surface area contributed by atoms with Gasteiger partial charge in [-0.1, -0.05) is 17.7 Å². The van der Waals surface area contributed by atoms with Crippen LogP contribution in [0.2, 0.25) is 0 Å². The molecule has 0 radical (unpaired) electrons. The maximum absolute atomic E-state index is 5.61. The standard InChI is InChI=1S/C11H16N2S/c12-13-11(10-7-4-8-14-10)9-5-2-1-3-6-9/h4-5,7-8,11,13H,1-3,6,12H2. The summed E-state index contributed by atoms with van der Waals surface area (Å²) in [7, 11) is 0. The molecule has 0 saturated carbocycles. The molecule has 0 amide bonds. The summed E-state index contributed by atoms with van der Waals surface area (Å²) in [6.07, 6.45) is 7.36. The molecule has 1 atom stereocenters. The largest absolute Gasteiger partial charge is 0.271 e. The second kappa shape index (κ2) is 4.73. The molecule has 1 aromatic rings. The van der Waals surface area contributed by atoms with Gasteiger partial charge < -0.3 is 0 Å². The molecule has 14 heavy (non-hydrogen) atoms. The van der Waals surface area contributed by atoms with E-state index in [4.69, 9.17) is 5.84 Å². The average molecular weight is 208 g/mol. The minimum Gasteiger partial charge on any atom is -0.271 e. The third-order valence-corrected chi connectivity index (χ3v) is 3.63. The van der Waals surface area contributed by atoms with Crippen molar-refractivity contribution in [2.45, 2.75) is 31.7 Å². The van der Waals surface area contributed by atoms with Crippen LogP contribution in [0.3, 0.4) is 0 Å². The van der Waals surface area contributed by atoms with Crippen molar-refractivity contribution in [2.75, 3.05) is 0 Å². The molecule has 1 unspecified atom stereocenters. The fourth-order valence-electron chi connectivity index (χ4n) is 1.95. The molecule has 0 fully saturated rings. The van der Waals surface area contributed by atoms with Crippen molar-refractivity contribution in [1.82, 2.24) is 5.43 Å². The maximum atomic E-state index is 5.61. The van der Waals surface area contributed by atoms with Gasteiger partial charge in [-0.05, 0) is 37.1 Å². The summed E-state index contributed by atoms with van der Waals surface area (Å²) in [5.74, 6) is 5.61. The van der Waals surface area contributed by atoms with Crippen LogP contribution in [0.4, 0.5) is 0 Å². The van der Waals surface area contributed by atoms with Crippen molar-refractivity contribution < 1.29 is 0 Å². The first-order valence-corrected chi connectivity index (χ1v) is 5.98. The van der Waals surface area contributed by atoms with Gasteiger partial charge >= 0.3 is 0 Å². The molecule has 3 heteroatoms. The van der Waals surface area contributed by atoms with E-state index in [0.29, 0.717) is 0 Å². The van der Waals surface area contributed by atoms with Gasteiger partial charge in [-0.3, -0.25) is 5.84 Å². The molecule has 1 aliphatic rings. The Bertz CT molecular complexity index is 303. The SMILES string of the molecule is NNC(C1=CCCCC1)c1cccs1. The zero-order valence-corrected chi connectivity index (χ0v) is 9.02. The molecule has 1 heterocycles. The molecular weight excluding hydrogens is 192 g/mol. The van der Waals surface area contributed by atoms with Gasteiger partial charge in [-0.15, -0.1) is 11.3 Å². The van der Waals surface area contributed by atoms with Gasteiger partial charge in [0.1, 0.15) is 0 Å². The highest BCUT2D eigenvalue weighted by molar-refractivity contribution is 7.10. The van der Waals surface area contributed by atoms with Crippen LogP contribution in [0.1, 0.15) is 36.6 Å². The smallest absolute Gasteiger partial charge is 0.0762 e. The summed E-state index contributed by atoms with van der Waals surface area (Å²) in [6.45, 7) is 0. The van der Waals surface area contributed by atoms with Crippen molar-refractivity contribution >= 4 is 11.3 Å². The lowest BCUT2D eigenvalue weighted by Gasteiger charge is -2.21. The fourth-order valence-corrected chi connectivity index (χ4v) is 2.78. The molecule has 2 rings (SSSR count). The van der Waals surface area contributed by atoms with E-state index in [9.17, 15) is 0 Å². The van der Waals surface area contributed by atoms with Gasteiger partial charge in [-0.2, -0.15) is 0 Å². The van der Waals surface area contributed by atoms with Gasteiger partial charge in [0, 0.05) is 4.88 Å². The van der Waals surface area contributed by atoms with E-state index in [-0.39, 0.29) is 6.04 Å². The number of nitrogens with one attached hydrogen (secondary N) is 1. The Balaban J connectivity index is 2.16. The number of hydrazine groups is 1. The third-order valence-electron chi connectivity index (χ3n) is 2.69. The topological polar surface area (TPSA) is 38.0 Å². The van der Waals surface area contributed by atoms with Crippen LogP contribution < -0.4 is 11.3 Å². The highest BCUT2D eigenvalue weighted by Gasteiger charge is 2.17. The van der Waals surface area contributed by atoms with Gasteiger partial charge in [0.25, 0.3) is 0 Å². The van der Waals surface area contributed by atoms with Crippen LogP contribution in [0, 0.1) is 0 Å². The second-order valence-corrected chi connectivity index (χ2v) is 4.62. The number of rotatable bonds is 3. The van der Waals surface area contributed by atoms with Crippen LogP contribution in [0.25, 0.3) is 0 Å².